The van der Waals surface area contributed by atoms with Crippen molar-refractivity contribution in [2.45, 2.75) is 0 Å². The number of rotatable bonds is 13. The molecule has 6 aromatic carbocycles. The van der Waals surface area contributed by atoms with Gasteiger partial charge >= 0.3 is 0 Å². The zero-order valence-corrected chi connectivity index (χ0v) is 44.4. The van der Waals surface area contributed by atoms with Crippen LogP contribution in [-0.2, 0) is 0 Å². The molecule has 0 radical (unpaired) electrons. The summed E-state index contributed by atoms with van der Waals surface area (Å²) in [7, 11) is 4.33. The Hall–Kier alpha value is -11.1. The second-order valence-corrected chi connectivity index (χ2v) is 18.2. The predicted octanol–water partition coefficient (Wildman–Crippen LogP) is 11.0. The zero-order valence-electron chi connectivity index (χ0n) is 44.4. The van der Waals surface area contributed by atoms with Crippen LogP contribution < -0.4 is 64.4 Å². The number of anilines is 2. The van der Waals surface area contributed by atoms with E-state index in [9.17, 15) is 28.0 Å². The molecule has 2 aliphatic heterocycles. The lowest BCUT2D eigenvalue weighted by Gasteiger charge is -2.23. The van der Waals surface area contributed by atoms with Crippen LogP contribution in [0.25, 0.3) is 33.2 Å². The van der Waals surface area contributed by atoms with E-state index in [4.69, 9.17) is 42.6 Å². The van der Waals surface area contributed by atoms with Gasteiger partial charge in [0.2, 0.25) is 11.5 Å². The first-order valence-corrected chi connectivity index (χ1v) is 25.4. The summed E-state index contributed by atoms with van der Waals surface area (Å²) in [4.78, 5) is 61.0. The number of methoxy groups -OCH3 is 3. The third kappa shape index (κ3) is 10.9. The fraction of sp³-hybridized carbons (Fsp3) is 0.115. The zero-order chi connectivity index (χ0) is 58.6. The minimum atomic E-state index is -0.829. The predicted molar refractivity (Wildman–Crippen MR) is 298 cm³/mol. The van der Waals surface area contributed by atoms with E-state index in [0.717, 1.165) is 12.1 Å². The van der Waals surface area contributed by atoms with Crippen LogP contribution >= 0.6 is 0 Å². The standard InChI is InChI=1S/C31H23F2N3O7.C30H21F2N3O6/c1-39-23-10-12-36(19-6-3-17(32)4-7-19)31(38)27(23)30(37)35-18-5-8-22(20(33)15-18)43-24-9-11-34-21-16-25(40-2)28-29(26(21)24)42-14-13-41-28;1-38-25-16-22-26(28-27(25)39-13-14-40-28)24(10-11-33-22)41-23-9-6-18(15-21(23)32)34-29(36)20-3-2-12-35(30(20)37)19-7-4-17(31)5-8-19/h3-12,15-16H,13-14H2,1-2H3,(H,35,37);2-12,15-16H,13-14H2,1H3,(H,34,36). The van der Waals surface area contributed by atoms with Gasteiger partial charge in [-0.3, -0.25) is 38.3 Å². The number of benzene rings is 6. The number of halogens is 4. The highest BCUT2D eigenvalue weighted by molar-refractivity contribution is 6.06. The van der Waals surface area contributed by atoms with Crippen molar-refractivity contribution in [3.8, 4) is 74.6 Å². The van der Waals surface area contributed by atoms with E-state index in [-0.39, 0.29) is 51.2 Å². The van der Waals surface area contributed by atoms with Gasteiger partial charge in [-0.2, -0.15) is 0 Å². The molecule has 424 valence electrons. The van der Waals surface area contributed by atoms with Crippen LogP contribution in [0.3, 0.4) is 0 Å². The maximum absolute atomic E-state index is 15.3. The van der Waals surface area contributed by atoms with Gasteiger partial charge in [-0.15, -0.1) is 0 Å². The van der Waals surface area contributed by atoms with Crippen LogP contribution in [0.4, 0.5) is 28.9 Å². The van der Waals surface area contributed by atoms with Crippen molar-refractivity contribution < 1.29 is 69.8 Å². The number of nitrogens with one attached hydrogen (secondary N) is 2. The van der Waals surface area contributed by atoms with E-state index in [2.05, 4.69) is 20.6 Å². The molecule has 2 amide bonds. The normalized spacial score (nSPS) is 12.1. The van der Waals surface area contributed by atoms with Crippen molar-refractivity contribution in [1.82, 2.24) is 19.1 Å². The highest BCUT2D eigenvalue weighted by atomic mass is 19.1. The molecule has 2 aliphatic rings. The fourth-order valence-corrected chi connectivity index (χ4v) is 9.15. The Bertz CT molecular complexity index is 4340. The highest BCUT2D eigenvalue weighted by Gasteiger charge is 2.28. The molecule has 0 unspecified atom stereocenters. The molecule has 84 heavy (non-hydrogen) atoms. The van der Waals surface area contributed by atoms with Crippen LogP contribution in [0, 0.1) is 23.3 Å². The van der Waals surface area contributed by atoms with E-state index in [1.54, 1.807) is 24.3 Å². The SMILES string of the molecule is COc1cc2nccc(Oc3ccc(NC(=O)c4c(OC)ccn(-c5ccc(F)cc5)c4=O)cc3F)c2c2c1OCCO2.COc1cc2nccc(Oc3ccc(NC(=O)c4cccn(-c5ccc(F)cc5)c4=O)cc3F)c2c2c1OCCO2. The molecule has 12 rings (SSSR count). The van der Waals surface area contributed by atoms with Crippen LogP contribution in [0.2, 0.25) is 0 Å². The van der Waals surface area contributed by atoms with E-state index in [1.165, 1.54) is 146 Å². The molecule has 0 saturated heterocycles. The minimum absolute atomic E-state index is 0.0111. The number of nitrogens with zero attached hydrogens (tertiary/aromatic N) is 4. The summed E-state index contributed by atoms with van der Waals surface area (Å²) in [5, 5.41) is 6.02. The van der Waals surface area contributed by atoms with E-state index >= 15 is 8.78 Å². The quantitative estimate of drug-likeness (QED) is 0.103. The van der Waals surface area contributed by atoms with Crippen molar-refractivity contribution in [3.05, 3.63) is 207 Å². The summed E-state index contributed by atoms with van der Waals surface area (Å²) in [5.74, 6) is -1.30. The largest absolute Gasteiger partial charge is 0.496 e. The lowest BCUT2D eigenvalue weighted by molar-refractivity contribution is 0.101. The summed E-state index contributed by atoms with van der Waals surface area (Å²) in [5.41, 5.74) is 0.0704. The maximum Gasteiger partial charge on any atom is 0.271 e. The Kier molecular flexibility index (Phi) is 15.4. The van der Waals surface area contributed by atoms with Crippen LogP contribution in [0.5, 0.6) is 63.2 Å². The molecule has 6 heterocycles. The Labute approximate surface area is 472 Å². The molecule has 4 aromatic heterocycles. The van der Waals surface area contributed by atoms with Crippen LogP contribution in [-0.4, -0.2) is 78.7 Å². The summed E-state index contributed by atoms with van der Waals surface area (Å²) < 4.78 is 111. The molecule has 0 aliphatic carbocycles. The number of hydrogen-bond acceptors (Lipinski definition) is 15. The van der Waals surface area contributed by atoms with Gasteiger partial charge in [0.05, 0.1) is 43.1 Å². The number of amides is 2. The van der Waals surface area contributed by atoms with Gasteiger partial charge in [0, 0.05) is 71.8 Å². The molecule has 23 heteroatoms. The first-order chi connectivity index (χ1) is 40.8. The molecule has 0 spiro atoms. The molecule has 2 N–H and O–H groups in total. The smallest absolute Gasteiger partial charge is 0.271 e. The highest BCUT2D eigenvalue weighted by Crippen LogP contribution is 2.50. The lowest BCUT2D eigenvalue weighted by atomic mass is 10.1. The molecular weight excluding hydrogens is 1100 g/mol. The molecule has 0 saturated carbocycles. The Morgan fingerprint density at radius 3 is 1.39 bits per heavy atom. The topological polar surface area (TPSA) is 211 Å². The van der Waals surface area contributed by atoms with Crippen molar-refractivity contribution in [2.75, 3.05) is 58.4 Å². The molecule has 0 bridgehead atoms. The maximum atomic E-state index is 15.3. The number of carbonyl (C=O) groups excluding carboxylic acids is 2. The van der Waals surface area contributed by atoms with Crippen LogP contribution in [0.1, 0.15) is 20.7 Å². The van der Waals surface area contributed by atoms with Gasteiger partial charge in [-0.1, -0.05) is 0 Å². The fourth-order valence-electron chi connectivity index (χ4n) is 9.15. The Morgan fingerprint density at radius 1 is 0.476 bits per heavy atom. The first-order valence-electron chi connectivity index (χ1n) is 25.4. The summed E-state index contributed by atoms with van der Waals surface area (Å²) in [6.45, 7) is 1.29. The second kappa shape index (κ2) is 23.5. The minimum Gasteiger partial charge on any atom is -0.496 e. The monoisotopic (exact) mass is 1140 g/mol. The average Bonchev–Trinajstić information content (AvgIpc) is 3.48. The van der Waals surface area contributed by atoms with Crippen molar-refractivity contribution in [1.29, 1.82) is 0 Å². The number of carbonyl (C=O) groups is 2. The summed E-state index contributed by atoms with van der Waals surface area (Å²) in [6.07, 6.45) is 5.89. The third-order valence-electron chi connectivity index (χ3n) is 13.0. The first kappa shape index (κ1) is 54.8. The molecular formula is C61H44F4N6O13. The van der Waals surface area contributed by atoms with Crippen molar-refractivity contribution in [2.24, 2.45) is 0 Å². The molecule has 0 fully saturated rings. The van der Waals surface area contributed by atoms with Crippen molar-refractivity contribution in [3.63, 3.8) is 0 Å². The third-order valence-corrected chi connectivity index (χ3v) is 13.0. The molecule has 0 atom stereocenters. The van der Waals surface area contributed by atoms with Crippen LogP contribution in [0.15, 0.2) is 162 Å². The average molecular weight is 1150 g/mol. The Balaban J connectivity index is 0.000000176. The number of hydrogen-bond donors (Lipinski definition) is 2. The second-order valence-electron chi connectivity index (χ2n) is 18.2. The van der Waals surface area contributed by atoms with Gasteiger partial charge in [-0.25, -0.2) is 17.6 Å². The lowest BCUT2D eigenvalue weighted by Crippen LogP contribution is -2.29. The molecule has 10 aromatic rings. The molecule has 19 nitrogen and oxygen atoms in total. The summed E-state index contributed by atoms with van der Waals surface area (Å²) >= 11 is 0. The Morgan fingerprint density at radius 2 is 0.929 bits per heavy atom. The summed E-state index contributed by atoms with van der Waals surface area (Å²) in [6, 6.07) is 28.9. The van der Waals surface area contributed by atoms with Gasteiger partial charge in [0.15, 0.2) is 46.1 Å². The number of pyridine rings is 4. The van der Waals surface area contributed by atoms with Gasteiger partial charge in [-0.05, 0) is 103 Å². The van der Waals surface area contributed by atoms with Gasteiger partial charge in [0.25, 0.3) is 22.9 Å². The van der Waals surface area contributed by atoms with Gasteiger partial charge < -0.3 is 53.3 Å². The number of fused-ring (bicyclic) bond motifs is 6. The van der Waals surface area contributed by atoms with Crippen molar-refractivity contribution >= 4 is 45.0 Å². The van der Waals surface area contributed by atoms with Gasteiger partial charge in [0.1, 0.15) is 66.4 Å². The number of aromatic nitrogens is 4. The number of ether oxygens (including phenoxy) is 9. The van der Waals surface area contributed by atoms with E-state index < -0.39 is 46.2 Å². The van der Waals surface area contributed by atoms with E-state index in [0.29, 0.717) is 94.1 Å². The van der Waals surface area contributed by atoms with E-state index in [1.807, 2.05) is 0 Å².